The normalized spacial score (nSPS) is 11.4. The largest absolute Gasteiger partial charge is 0.379 e. The lowest BCUT2D eigenvalue weighted by Gasteiger charge is -2.17. The number of anilines is 1. The Balaban J connectivity index is 2.56. The van der Waals surface area contributed by atoms with Gasteiger partial charge >= 0.3 is 0 Å². The summed E-state index contributed by atoms with van der Waals surface area (Å²) in [5.41, 5.74) is 5.40. The van der Waals surface area contributed by atoms with Gasteiger partial charge in [0, 0.05) is 6.54 Å². The number of amides is 1. The second-order valence-corrected chi connectivity index (χ2v) is 4.24. The molecule has 6 heteroatoms. The maximum Gasteiger partial charge on any atom is 0.277 e. The number of nitrogens with zero attached hydrogens (tertiary/aromatic N) is 2. The van der Waals surface area contributed by atoms with E-state index < -0.39 is 0 Å². The monoisotopic (exact) mass is 198 g/mol. The molecule has 0 bridgehead atoms. The first-order chi connectivity index (χ1) is 6.40. The van der Waals surface area contributed by atoms with Crippen LogP contribution in [0, 0.1) is 5.41 Å². The fraction of sp³-hybridized carbons (Fsp3) is 0.625. The Hall–Kier alpha value is -1.59. The van der Waals surface area contributed by atoms with E-state index in [1.54, 1.807) is 0 Å². The summed E-state index contributed by atoms with van der Waals surface area (Å²) in [6.45, 7) is 6.57. The van der Waals surface area contributed by atoms with Crippen molar-refractivity contribution in [1.82, 2.24) is 15.6 Å². The SMILES string of the molecule is CC(C)(C)CNC(=O)c1nonc1N. The molecule has 1 aromatic heterocycles. The third kappa shape index (κ3) is 2.72. The van der Waals surface area contributed by atoms with Gasteiger partial charge in [0.1, 0.15) is 0 Å². The van der Waals surface area contributed by atoms with Crippen molar-refractivity contribution >= 4 is 11.7 Å². The first-order valence-corrected chi connectivity index (χ1v) is 4.26. The summed E-state index contributed by atoms with van der Waals surface area (Å²) in [6.07, 6.45) is 0. The third-order valence-electron chi connectivity index (χ3n) is 1.51. The van der Waals surface area contributed by atoms with Crippen molar-refractivity contribution in [1.29, 1.82) is 0 Å². The molecule has 3 N–H and O–H groups in total. The number of nitrogens with two attached hydrogens (primary N) is 1. The second-order valence-electron chi connectivity index (χ2n) is 4.24. The molecule has 78 valence electrons. The van der Waals surface area contributed by atoms with Gasteiger partial charge in [-0.3, -0.25) is 4.79 Å². The molecule has 0 saturated heterocycles. The molecule has 14 heavy (non-hydrogen) atoms. The maximum absolute atomic E-state index is 11.4. The standard InChI is InChI=1S/C8H14N4O2/c1-8(2,3)4-10-7(13)5-6(9)12-14-11-5/h4H2,1-3H3,(H2,9,12)(H,10,13). The van der Waals surface area contributed by atoms with Crippen LogP contribution < -0.4 is 11.1 Å². The molecular formula is C8H14N4O2. The average molecular weight is 198 g/mol. The highest BCUT2D eigenvalue weighted by Gasteiger charge is 2.18. The van der Waals surface area contributed by atoms with Gasteiger partial charge in [0.15, 0.2) is 0 Å². The molecule has 1 amide bonds. The van der Waals surface area contributed by atoms with Crippen LogP contribution in [0.4, 0.5) is 5.82 Å². The zero-order chi connectivity index (χ0) is 10.8. The lowest BCUT2D eigenvalue weighted by molar-refractivity contribution is 0.0930. The lowest BCUT2D eigenvalue weighted by atomic mass is 9.97. The predicted molar refractivity (Wildman–Crippen MR) is 50.5 cm³/mol. The summed E-state index contributed by atoms with van der Waals surface area (Å²) in [6, 6.07) is 0. The molecule has 0 aliphatic heterocycles. The van der Waals surface area contributed by atoms with Crippen LogP contribution in [-0.2, 0) is 0 Å². The van der Waals surface area contributed by atoms with E-state index in [1.165, 1.54) is 0 Å². The van der Waals surface area contributed by atoms with Gasteiger partial charge in [0.25, 0.3) is 5.91 Å². The molecule has 0 fully saturated rings. The van der Waals surface area contributed by atoms with Gasteiger partial charge in [-0.05, 0) is 15.7 Å². The maximum atomic E-state index is 11.4. The van der Waals surface area contributed by atoms with Gasteiger partial charge < -0.3 is 11.1 Å². The Labute approximate surface area is 81.8 Å². The van der Waals surface area contributed by atoms with Crippen LogP contribution in [0.5, 0.6) is 0 Å². The van der Waals surface area contributed by atoms with Crippen molar-refractivity contribution in [2.45, 2.75) is 20.8 Å². The number of hydrogen-bond donors (Lipinski definition) is 2. The zero-order valence-electron chi connectivity index (χ0n) is 8.50. The fourth-order valence-corrected chi connectivity index (χ4v) is 0.782. The lowest BCUT2D eigenvalue weighted by Crippen LogP contribution is -2.32. The minimum Gasteiger partial charge on any atom is -0.379 e. The summed E-state index contributed by atoms with van der Waals surface area (Å²) in [5.74, 6) is -0.352. The summed E-state index contributed by atoms with van der Waals surface area (Å²) in [4.78, 5) is 11.4. The molecular weight excluding hydrogens is 184 g/mol. The van der Waals surface area contributed by atoms with Crippen molar-refractivity contribution in [3.63, 3.8) is 0 Å². The van der Waals surface area contributed by atoms with Crippen LogP contribution in [0.3, 0.4) is 0 Å². The summed E-state index contributed by atoms with van der Waals surface area (Å²) in [5, 5.41) is 9.39. The first-order valence-electron chi connectivity index (χ1n) is 4.26. The van der Waals surface area contributed by atoms with E-state index in [2.05, 4.69) is 20.3 Å². The van der Waals surface area contributed by atoms with Crippen LogP contribution >= 0.6 is 0 Å². The minimum atomic E-state index is -0.362. The van der Waals surface area contributed by atoms with E-state index in [0.717, 1.165) is 0 Å². The van der Waals surface area contributed by atoms with Crippen LogP contribution in [-0.4, -0.2) is 22.8 Å². The van der Waals surface area contributed by atoms with Crippen molar-refractivity contribution in [2.24, 2.45) is 5.41 Å². The van der Waals surface area contributed by atoms with Gasteiger partial charge in [-0.15, -0.1) is 0 Å². The van der Waals surface area contributed by atoms with Crippen LogP contribution in [0.15, 0.2) is 4.63 Å². The predicted octanol–water partition coefficient (Wildman–Crippen LogP) is 0.428. The Kier molecular flexibility index (Phi) is 2.73. The quantitative estimate of drug-likeness (QED) is 0.718. The Morgan fingerprint density at radius 3 is 2.57 bits per heavy atom. The van der Waals surface area contributed by atoms with Crippen molar-refractivity contribution in [2.75, 3.05) is 12.3 Å². The molecule has 1 heterocycles. The number of carbonyl (C=O) groups excluding carboxylic acids is 1. The van der Waals surface area contributed by atoms with Gasteiger partial charge in [0.05, 0.1) is 0 Å². The molecule has 0 aliphatic rings. The highest BCUT2D eigenvalue weighted by atomic mass is 16.6. The van der Waals surface area contributed by atoms with Gasteiger partial charge in [-0.2, -0.15) is 0 Å². The van der Waals surface area contributed by atoms with E-state index in [9.17, 15) is 4.79 Å². The van der Waals surface area contributed by atoms with E-state index >= 15 is 0 Å². The number of nitrogen functional groups attached to an aromatic ring is 1. The van der Waals surface area contributed by atoms with Crippen LogP contribution in [0.2, 0.25) is 0 Å². The average Bonchev–Trinajstić information content (AvgIpc) is 2.46. The molecule has 0 saturated carbocycles. The number of nitrogens with one attached hydrogen (secondary N) is 1. The number of aromatic nitrogens is 2. The van der Waals surface area contributed by atoms with E-state index in [-0.39, 0.29) is 22.8 Å². The smallest absolute Gasteiger partial charge is 0.277 e. The van der Waals surface area contributed by atoms with E-state index in [0.29, 0.717) is 6.54 Å². The molecule has 0 atom stereocenters. The Morgan fingerprint density at radius 1 is 1.50 bits per heavy atom. The van der Waals surface area contributed by atoms with Crippen molar-refractivity contribution < 1.29 is 9.42 Å². The second kappa shape index (κ2) is 3.65. The molecule has 0 aromatic carbocycles. The van der Waals surface area contributed by atoms with Crippen molar-refractivity contribution in [3.05, 3.63) is 5.69 Å². The number of carbonyl (C=O) groups is 1. The summed E-state index contributed by atoms with van der Waals surface area (Å²) >= 11 is 0. The third-order valence-corrected chi connectivity index (χ3v) is 1.51. The topological polar surface area (TPSA) is 94.0 Å². The van der Waals surface area contributed by atoms with Crippen LogP contribution in [0.1, 0.15) is 31.3 Å². The van der Waals surface area contributed by atoms with Gasteiger partial charge in [-0.1, -0.05) is 20.8 Å². The highest BCUT2D eigenvalue weighted by molar-refractivity contribution is 5.95. The highest BCUT2D eigenvalue weighted by Crippen LogP contribution is 2.11. The summed E-state index contributed by atoms with van der Waals surface area (Å²) in [7, 11) is 0. The molecule has 0 spiro atoms. The van der Waals surface area contributed by atoms with Gasteiger partial charge in [-0.25, -0.2) is 4.63 Å². The molecule has 0 radical (unpaired) electrons. The van der Waals surface area contributed by atoms with Crippen molar-refractivity contribution in [3.8, 4) is 0 Å². The Bertz CT molecular complexity index is 326. The van der Waals surface area contributed by atoms with E-state index in [4.69, 9.17) is 5.73 Å². The molecule has 1 aromatic rings. The van der Waals surface area contributed by atoms with E-state index in [1.807, 2.05) is 20.8 Å². The molecule has 0 unspecified atom stereocenters. The van der Waals surface area contributed by atoms with Gasteiger partial charge in [0.2, 0.25) is 11.5 Å². The number of hydrogen-bond acceptors (Lipinski definition) is 5. The minimum absolute atomic E-state index is 0.0106. The van der Waals surface area contributed by atoms with Crippen LogP contribution in [0.25, 0.3) is 0 Å². The molecule has 1 rings (SSSR count). The molecule has 0 aliphatic carbocycles. The Morgan fingerprint density at radius 2 is 2.14 bits per heavy atom. The molecule has 6 nitrogen and oxygen atoms in total. The fourth-order valence-electron chi connectivity index (χ4n) is 0.782. The number of rotatable bonds is 2. The first kappa shape index (κ1) is 10.5. The zero-order valence-corrected chi connectivity index (χ0v) is 8.50. The summed E-state index contributed by atoms with van der Waals surface area (Å²) < 4.78 is 4.31.